The molecule has 1 aliphatic heterocycles. The van der Waals surface area contributed by atoms with Crippen molar-refractivity contribution < 1.29 is 4.74 Å². The van der Waals surface area contributed by atoms with E-state index in [-0.39, 0.29) is 6.10 Å². The van der Waals surface area contributed by atoms with Crippen molar-refractivity contribution in [1.82, 2.24) is 4.98 Å². The van der Waals surface area contributed by atoms with Crippen LogP contribution in [-0.4, -0.2) is 24.2 Å². The average molecular weight is 330 g/mol. The molecule has 2 aromatic rings. The molecule has 3 rings (SSSR count). The first kappa shape index (κ1) is 12.9. The predicted octanol–water partition coefficient (Wildman–Crippen LogP) is 3.66. The van der Waals surface area contributed by atoms with Gasteiger partial charge in [0.2, 0.25) is 5.69 Å². The number of benzene rings is 1. The molecule has 1 aliphatic rings. The van der Waals surface area contributed by atoms with Crippen molar-refractivity contribution in [2.75, 3.05) is 18.0 Å². The molecular weight excluding hydrogens is 318 g/mol. The Morgan fingerprint density at radius 3 is 2.70 bits per heavy atom. The van der Waals surface area contributed by atoms with Gasteiger partial charge in [-0.1, -0.05) is 18.2 Å². The molecule has 100 valence electrons. The van der Waals surface area contributed by atoms with Gasteiger partial charge in [0.05, 0.1) is 24.1 Å². The zero-order valence-corrected chi connectivity index (χ0v) is 12.2. The molecule has 1 aromatic carbocycles. The van der Waals surface area contributed by atoms with E-state index in [2.05, 4.69) is 30.7 Å². The fourth-order valence-corrected chi connectivity index (χ4v) is 2.43. The van der Waals surface area contributed by atoms with Gasteiger partial charge >= 0.3 is 0 Å². The highest BCUT2D eigenvalue weighted by atomic mass is 79.9. The normalized spacial score (nSPS) is 14.5. The minimum atomic E-state index is 0.177. The summed E-state index contributed by atoms with van der Waals surface area (Å²) in [6.07, 6.45) is 1.78. The van der Waals surface area contributed by atoms with E-state index in [4.69, 9.17) is 11.3 Å². The van der Waals surface area contributed by atoms with E-state index in [0.717, 1.165) is 29.1 Å². The Labute approximate surface area is 126 Å². The van der Waals surface area contributed by atoms with Gasteiger partial charge in [-0.3, -0.25) is 4.98 Å². The van der Waals surface area contributed by atoms with Crippen LogP contribution in [0.1, 0.15) is 0 Å². The molecule has 0 amide bonds. The van der Waals surface area contributed by atoms with Gasteiger partial charge in [0.1, 0.15) is 17.7 Å². The first-order valence-electron chi connectivity index (χ1n) is 6.26. The number of halogens is 1. The van der Waals surface area contributed by atoms with Crippen LogP contribution in [-0.2, 0) is 0 Å². The quantitative estimate of drug-likeness (QED) is 0.805. The number of aromatic nitrogens is 1. The maximum atomic E-state index is 6.90. The fraction of sp³-hybridized carbons (Fsp3) is 0.200. The minimum absolute atomic E-state index is 0.177. The molecule has 1 fully saturated rings. The third-order valence-corrected chi connectivity index (χ3v) is 3.82. The second-order valence-corrected chi connectivity index (χ2v) is 5.42. The molecular formula is C15H12BrN3O. The number of nitrogens with zero attached hydrogens (tertiary/aromatic N) is 3. The number of hydrogen-bond acceptors (Lipinski definition) is 3. The summed E-state index contributed by atoms with van der Waals surface area (Å²) in [6.45, 7) is 8.53. The van der Waals surface area contributed by atoms with Crippen molar-refractivity contribution in [2.45, 2.75) is 6.10 Å². The molecule has 0 N–H and O–H groups in total. The summed E-state index contributed by atoms with van der Waals surface area (Å²) >= 11 is 3.47. The van der Waals surface area contributed by atoms with Gasteiger partial charge in [-0.15, -0.1) is 0 Å². The standard InChI is InChI=1S/C15H12BrN3O/c1-17-11-6-7-15(18-8-11)19-9-12(10-19)20-14-5-3-2-4-13(14)16/h2-8,12H,9-10H2. The molecule has 20 heavy (non-hydrogen) atoms. The van der Waals surface area contributed by atoms with E-state index in [1.54, 1.807) is 12.3 Å². The fourth-order valence-electron chi connectivity index (χ4n) is 2.05. The lowest BCUT2D eigenvalue weighted by Crippen LogP contribution is -2.54. The Morgan fingerprint density at radius 2 is 2.05 bits per heavy atom. The highest BCUT2D eigenvalue weighted by Crippen LogP contribution is 2.28. The van der Waals surface area contributed by atoms with Crippen molar-refractivity contribution in [3.05, 3.63) is 58.5 Å². The van der Waals surface area contributed by atoms with Crippen LogP contribution in [0.25, 0.3) is 4.85 Å². The summed E-state index contributed by atoms with van der Waals surface area (Å²) in [6, 6.07) is 11.5. The molecule has 0 bridgehead atoms. The molecule has 1 saturated heterocycles. The number of para-hydroxylation sites is 1. The van der Waals surface area contributed by atoms with Gasteiger partial charge in [-0.25, -0.2) is 4.85 Å². The lowest BCUT2D eigenvalue weighted by molar-refractivity contribution is 0.166. The summed E-state index contributed by atoms with van der Waals surface area (Å²) in [5.74, 6) is 1.76. The Kier molecular flexibility index (Phi) is 3.57. The zero-order chi connectivity index (χ0) is 13.9. The molecule has 5 heteroatoms. The first-order valence-corrected chi connectivity index (χ1v) is 7.05. The SMILES string of the molecule is [C-]#[N+]c1ccc(N2CC(Oc3ccccc3Br)C2)nc1. The molecule has 0 radical (unpaired) electrons. The summed E-state index contributed by atoms with van der Waals surface area (Å²) < 4.78 is 6.88. The molecule has 0 aliphatic carbocycles. The van der Waals surface area contributed by atoms with Crippen molar-refractivity contribution in [2.24, 2.45) is 0 Å². The number of hydrogen-bond donors (Lipinski definition) is 0. The van der Waals surface area contributed by atoms with Crippen LogP contribution in [0.15, 0.2) is 47.1 Å². The van der Waals surface area contributed by atoms with Crippen LogP contribution in [0.3, 0.4) is 0 Å². The van der Waals surface area contributed by atoms with E-state index < -0.39 is 0 Å². The maximum absolute atomic E-state index is 6.90. The summed E-state index contributed by atoms with van der Waals surface area (Å²) in [5.41, 5.74) is 0.565. The lowest BCUT2D eigenvalue weighted by atomic mass is 10.1. The minimum Gasteiger partial charge on any atom is -0.486 e. The molecule has 1 aromatic heterocycles. The highest BCUT2D eigenvalue weighted by Gasteiger charge is 2.29. The van der Waals surface area contributed by atoms with Gasteiger partial charge in [-0.05, 0) is 34.1 Å². The number of anilines is 1. The number of rotatable bonds is 3. The molecule has 2 heterocycles. The van der Waals surface area contributed by atoms with E-state index in [0.29, 0.717) is 5.69 Å². The zero-order valence-electron chi connectivity index (χ0n) is 10.7. The van der Waals surface area contributed by atoms with E-state index in [9.17, 15) is 0 Å². The van der Waals surface area contributed by atoms with Crippen molar-refractivity contribution in [3.63, 3.8) is 0 Å². The van der Waals surface area contributed by atoms with Gasteiger partial charge in [-0.2, -0.15) is 0 Å². The van der Waals surface area contributed by atoms with Gasteiger partial charge in [0.15, 0.2) is 0 Å². The average Bonchev–Trinajstić information content (AvgIpc) is 2.44. The number of ether oxygens (including phenoxy) is 1. The third-order valence-electron chi connectivity index (χ3n) is 3.16. The molecule has 0 unspecified atom stereocenters. The van der Waals surface area contributed by atoms with Crippen molar-refractivity contribution in [1.29, 1.82) is 0 Å². The maximum Gasteiger partial charge on any atom is 0.205 e. The Balaban J connectivity index is 1.59. The van der Waals surface area contributed by atoms with Gasteiger partial charge in [0, 0.05) is 6.20 Å². The van der Waals surface area contributed by atoms with Crippen LogP contribution in [0.4, 0.5) is 11.5 Å². The van der Waals surface area contributed by atoms with E-state index in [1.807, 2.05) is 30.3 Å². The largest absolute Gasteiger partial charge is 0.486 e. The van der Waals surface area contributed by atoms with Crippen LogP contribution in [0.2, 0.25) is 0 Å². The molecule has 0 saturated carbocycles. The molecule has 4 nitrogen and oxygen atoms in total. The van der Waals surface area contributed by atoms with Crippen LogP contribution < -0.4 is 9.64 Å². The monoisotopic (exact) mass is 329 g/mol. The van der Waals surface area contributed by atoms with Gasteiger partial charge in [0.25, 0.3) is 0 Å². The van der Waals surface area contributed by atoms with E-state index >= 15 is 0 Å². The summed E-state index contributed by atoms with van der Waals surface area (Å²) in [7, 11) is 0. The Bertz CT molecular complexity index is 645. The topological polar surface area (TPSA) is 29.7 Å². The summed E-state index contributed by atoms with van der Waals surface area (Å²) in [5, 5.41) is 0. The van der Waals surface area contributed by atoms with Crippen molar-refractivity contribution in [3.8, 4) is 5.75 Å². The number of pyridine rings is 1. The first-order chi connectivity index (χ1) is 9.76. The molecule has 0 spiro atoms. The predicted molar refractivity (Wildman–Crippen MR) is 81.3 cm³/mol. The molecule has 0 atom stereocenters. The second-order valence-electron chi connectivity index (χ2n) is 4.56. The van der Waals surface area contributed by atoms with E-state index in [1.165, 1.54) is 0 Å². The second kappa shape index (κ2) is 5.51. The summed E-state index contributed by atoms with van der Waals surface area (Å²) in [4.78, 5) is 9.75. The van der Waals surface area contributed by atoms with Crippen LogP contribution in [0, 0.1) is 6.57 Å². The van der Waals surface area contributed by atoms with Crippen LogP contribution in [0.5, 0.6) is 5.75 Å². The highest BCUT2D eigenvalue weighted by molar-refractivity contribution is 9.10. The third kappa shape index (κ3) is 2.61. The van der Waals surface area contributed by atoms with Crippen LogP contribution >= 0.6 is 15.9 Å². The Hall–Kier alpha value is -2.06. The lowest BCUT2D eigenvalue weighted by Gasteiger charge is -2.40. The van der Waals surface area contributed by atoms with Crippen molar-refractivity contribution >= 4 is 27.4 Å². The smallest absolute Gasteiger partial charge is 0.205 e. The van der Waals surface area contributed by atoms with Gasteiger partial charge < -0.3 is 9.64 Å². The Morgan fingerprint density at radius 1 is 1.25 bits per heavy atom.